The molecule has 0 aromatic heterocycles. The molecule has 5 heteroatoms. The summed E-state index contributed by atoms with van der Waals surface area (Å²) in [6.45, 7) is 4.57. The predicted octanol–water partition coefficient (Wildman–Crippen LogP) is 2.56. The molecule has 1 aliphatic rings. The first kappa shape index (κ1) is 13.2. The zero-order valence-corrected chi connectivity index (χ0v) is 11.2. The van der Waals surface area contributed by atoms with Crippen LogP contribution in [0.3, 0.4) is 0 Å². The summed E-state index contributed by atoms with van der Waals surface area (Å²) in [6, 6.07) is 7.40. The monoisotopic (exact) mass is 267 g/mol. The Morgan fingerprint density at radius 3 is 2.78 bits per heavy atom. The van der Waals surface area contributed by atoms with Gasteiger partial charge in [0.15, 0.2) is 0 Å². The Balaban J connectivity index is 1.98. The lowest BCUT2D eigenvalue weighted by Crippen LogP contribution is -2.43. The molecular formula is C13H18ClN3O. The van der Waals surface area contributed by atoms with Gasteiger partial charge in [-0.15, -0.1) is 0 Å². The van der Waals surface area contributed by atoms with E-state index in [1.807, 2.05) is 11.8 Å². The molecule has 1 aromatic rings. The molecular weight excluding hydrogens is 250 g/mol. The Hall–Kier alpha value is -1.26. The minimum Gasteiger partial charge on any atom is -0.321 e. The van der Waals surface area contributed by atoms with Crippen LogP contribution in [0.25, 0.3) is 0 Å². The lowest BCUT2D eigenvalue weighted by Gasteiger charge is -2.27. The molecule has 0 radical (unpaired) electrons. The summed E-state index contributed by atoms with van der Waals surface area (Å²) in [7, 11) is 0. The summed E-state index contributed by atoms with van der Waals surface area (Å²) in [4.78, 5) is 14.0. The second-order valence-corrected chi connectivity index (χ2v) is 4.81. The van der Waals surface area contributed by atoms with Crippen molar-refractivity contribution in [1.82, 2.24) is 10.2 Å². The van der Waals surface area contributed by atoms with Crippen LogP contribution in [-0.2, 0) is 0 Å². The first-order valence-corrected chi connectivity index (χ1v) is 6.62. The van der Waals surface area contributed by atoms with E-state index in [0.717, 1.165) is 25.2 Å². The number of amides is 2. The van der Waals surface area contributed by atoms with Crippen molar-refractivity contribution in [3.8, 4) is 0 Å². The largest absolute Gasteiger partial charge is 0.322 e. The van der Waals surface area contributed by atoms with E-state index in [0.29, 0.717) is 17.6 Å². The van der Waals surface area contributed by atoms with Gasteiger partial charge in [-0.1, -0.05) is 11.6 Å². The maximum Gasteiger partial charge on any atom is 0.322 e. The molecule has 1 fully saturated rings. The fourth-order valence-electron chi connectivity index (χ4n) is 2.20. The van der Waals surface area contributed by atoms with Gasteiger partial charge >= 0.3 is 6.03 Å². The third-order valence-electron chi connectivity index (χ3n) is 3.17. The standard InChI is InChI=1S/C13H18ClN3O/c1-2-17(12-7-8-15-9-12)13(18)16-11-5-3-10(14)4-6-11/h3-6,12,15H,2,7-9H2,1H3,(H,16,18)/t12-/m1/s1. The second kappa shape index (κ2) is 6.07. The molecule has 0 unspecified atom stereocenters. The molecule has 1 saturated heterocycles. The molecule has 98 valence electrons. The molecule has 1 aliphatic heterocycles. The van der Waals surface area contributed by atoms with Gasteiger partial charge < -0.3 is 15.5 Å². The van der Waals surface area contributed by atoms with E-state index < -0.39 is 0 Å². The van der Waals surface area contributed by atoms with E-state index in [2.05, 4.69) is 10.6 Å². The summed E-state index contributed by atoms with van der Waals surface area (Å²) in [6.07, 6.45) is 1.02. The highest BCUT2D eigenvalue weighted by atomic mass is 35.5. The number of nitrogens with zero attached hydrogens (tertiary/aromatic N) is 1. The van der Waals surface area contributed by atoms with Crippen LogP contribution >= 0.6 is 11.6 Å². The third kappa shape index (κ3) is 3.15. The van der Waals surface area contributed by atoms with Gasteiger partial charge in [-0.25, -0.2) is 4.79 Å². The van der Waals surface area contributed by atoms with Crippen LogP contribution in [0.5, 0.6) is 0 Å². The number of carbonyl (C=O) groups excluding carboxylic acids is 1. The van der Waals surface area contributed by atoms with Crippen molar-refractivity contribution in [3.63, 3.8) is 0 Å². The number of benzene rings is 1. The molecule has 0 aliphatic carbocycles. The van der Waals surface area contributed by atoms with Crippen molar-refractivity contribution < 1.29 is 4.79 Å². The van der Waals surface area contributed by atoms with Crippen molar-refractivity contribution in [1.29, 1.82) is 0 Å². The van der Waals surface area contributed by atoms with Crippen LogP contribution in [0.15, 0.2) is 24.3 Å². The molecule has 1 heterocycles. The molecule has 4 nitrogen and oxygen atoms in total. The lowest BCUT2D eigenvalue weighted by molar-refractivity contribution is 0.196. The van der Waals surface area contributed by atoms with Gasteiger partial charge in [-0.05, 0) is 44.2 Å². The van der Waals surface area contributed by atoms with E-state index in [1.54, 1.807) is 24.3 Å². The fraction of sp³-hybridized carbons (Fsp3) is 0.462. The quantitative estimate of drug-likeness (QED) is 0.884. The molecule has 18 heavy (non-hydrogen) atoms. The molecule has 1 atom stereocenters. The normalized spacial score (nSPS) is 18.7. The highest BCUT2D eigenvalue weighted by Crippen LogP contribution is 2.15. The Morgan fingerprint density at radius 2 is 2.22 bits per heavy atom. The molecule has 0 bridgehead atoms. The Kier molecular flexibility index (Phi) is 4.44. The van der Waals surface area contributed by atoms with Crippen molar-refractivity contribution in [2.45, 2.75) is 19.4 Å². The minimum absolute atomic E-state index is 0.0477. The topological polar surface area (TPSA) is 44.4 Å². The Morgan fingerprint density at radius 1 is 1.50 bits per heavy atom. The second-order valence-electron chi connectivity index (χ2n) is 4.37. The van der Waals surface area contributed by atoms with Crippen molar-refractivity contribution in [2.24, 2.45) is 0 Å². The van der Waals surface area contributed by atoms with Gasteiger partial charge in [0.05, 0.1) is 0 Å². The number of nitrogens with one attached hydrogen (secondary N) is 2. The smallest absolute Gasteiger partial charge is 0.321 e. The molecule has 2 N–H and O–H groups in total. The van der Waals surface area contributed by atoms with Gasteiger partial charge in [0.1, 0.15) is 0 Å². The maximum absolute atomic E-state index is 12.2. The minimum atomic E-state index is -0.0477. The third-order valence-corrected chi connectivity index (χ3v) is 3.42. The number of carbonyl (C=O) groups is 1. The SMILES string of the molecule is CCN(C(=O)Nc1ccc(Cl)cc1)[C@@H]1CCNC1. The van der Waals surface area contributed by atoms with Gasteiger partial charge in [0.2, 0.25) is 0 Å². The Labute approximate surface area is 112 Å². The number of halogens is 1. The van der Waals surface area contributed by atoms with Gasteiger partial charge in [-0.2, -0.15) is 0 Å². The first-order chi connectivity index (χ1) is 8.70. The van der Waals surface area contributed by atoms with E-state index >= 15 is 0 Å². The van der Waals surface area contributed by atoms with Crippen LogP contribution in [0.1, 0.15) is 13.3 Å². The lowest BCUT2D eigenvalue weighted by atomic mass is 10.2. The summed E-state index contributed by atoms with van der Waals surface area (Å²) < 4.78 is 0. The summed E-state index contributed by atoms with van der Waals surface area (Å²) in [5.41, 5.74) is 0.772. The van der Waals surface area contributed by atoms with E-state index in [4.69, 9.17) is 11.6 Å². The first-order valence-electron chi connectivity index (χ1n) is 6.24. The number of urea groups is 1. The van der Waals surface area contributed by atoms with Crippen molar-refractivity contribution in [2.75, 3.05) is 25.0 Å². The molecule has 0 saturated carbocycles. The fourth-order valence-corrected chi connectivity index (χ4v) is 2.33. The molecule has 0 spiro atoms. The van der Waals surface area contributed by atoms with Gasteiger partial charge in [-0.3, -0.25) is 0 Å². The van der Waals surface area contributed by atoms with Gasteiger partial charge in [0.25, 0.3) is 0 Å². The number of rotatable bonds is 3. The van der Waals surface area contributed by atoms with E-state index in [-0.39, 0.29) is 6.03 Å². The van der Waals surface area contributed by atoms with Gasteiger partial charge in [0, 0.05) is 29.8 Å². The maximum atomic E-state index is 12.2. The Bertz CT molecular complexity index is 401. The number of hydrogen-bond acceptors (Lipinski definition) is 2. The van der Waals surface area contributed by atoms with Crippen LogP contribution in [-0.4, -0.2) is 36.6 Å². The predicted molar refractivity (Wildman–Crippen MR) is 74.1 cm³/mol. The highest BCUT2D eigenvalue weighted by molar-refractivity contribution is 6.30. The van der Waals surface area contributed by atoms with Crippen LogP contribution < -0.4 is 10.6 Å². The summed E-state index contributed by atoms with van der Waals surface area (Å²) in [5.74, 6) is 0. The number of hydrogen-bond donors (Lipinski definition) is 2. The summed E-state index contributed by atoms with van der Waals surface area (Å²) in [5, 5.41) is 6.84. The van der Waals surface area contributed by atoms with Crippen LogP contribution in [0, 0.1) is 0 Å². The molecule has 2 rings (SSSR count). The highest BCUT2D eigenvalue weighted by Gasteiger charge is 2.25. The van der Waals surface area contributed by atoms with Crippen LogP contribution in [0.4, 0.5) is 10.5 Å². The van der Waals surface area contributed by atoms with Crippen molar-refractivity contribution in [3.05, 3.63) is 29.3 Å². The average molecular weight is 268 g/mol. The molecule has 2 amide bonds. The van der Waals surface area contributed by atoms with Crippen molar-refractivity contribution >= 4 is 23.3 Å². The van der Waals surface area contributed by atoms with E-state index in [9.17, 15) is 4.79 Å². The number of anilines is 1. The van der Waals surface area contributed by atoms with E-state index in [1.165, 1.54) is 0 Å². The average Bonchev–Trinajstić information content (AvgIpc) is 2.87. The zero-order chi connectivity index (χ0) is 13.0. The molecule has 1 aromatic carbocycles. The summed E-state index contributed by atoms with van der Waals surface area (Å²) >= 11 is 5.81. The number of likely N-dealkylation sites (N-methyl/N-ethyl adjacent to an activating group) is 1. The zero-order valence-electron chi connectivity index (χ0n) is 10.4. The van der Waals surface area contributed by atoms with Crippen LogP contribution in [0.2, 0.25) is 5.02 Å².